The van der Waals surface area contributed by atoms with Crippen LogP contribution in [0.2, 0.25) is 0 Å². The normalized spacial score (nSPS) is 11.9. The fourth-order valence-corrected chi connectivity index (χ4v) is 9.27. The van der Waals surface area contributed by atoms with Gasteiger partial charge in [0, 0.05) is 49.4 Å². The molecule has 0 saturated carbocycles. The van der Waals surface area contributed by atoms with Crippen molar-refractivity contribution < 1.29 is 0 Å². The number of para-hydroxylation sites is 4. The zero-order chi connectivity index (χ0) is 37.5. The molecule has 0 bridgehead atoms. The molecule has 0 N–H and O–H groups in total. The van der Waals surface area contributed by atoms with Crippen LogP contribution < -0.4 is 0 Å². The van der Waals surface area contributed by atoms with Gasteiger partial charge in [-0.15, -0.1) is 0 Å². The Morgan fingerprint density at radius 3 is 1.05 bits per heavy atom. The van der Waals surface area contributed by atoms with Crippen LogP contribution in [0.1, 0.15) is 0 Å². The molecule has 9 aromatic carbocycles. The molecule has 0 amide bonds. The first-order chi connectivity index (χ1) is 28.3. The lowest BCUT2D eigenvalue weighted by molar-refractivity contribution is 1.16. The second-order valence-corrected chi connectivity index (χ2v) is 15.0. The van der Waals surface area contributed by atoms with Gasteiger partial charge in [0.05, 0.1) is 33.1 Å². The second-order valence-electron chi connectivity index (χ2n) is 15.0. The monoisotopic (exact) mass is 725 g/mol. The Morgan fingerprint density at radius 2 is 0.561 bits per heavy atom. The smallest absolute Gasteiger partial charge is 0.0562 e. The summed E-state index contributed by atoms with van der Waals surface area (Å²) in [4.78, 5) is 0. The van der Waals surface area contributed by atoms with Crippen LogP contribution in [0.25, 0.3) is 105 Å². The molecule has 3 heteroatoms. The number of hydrogen-bond donors (Lipinski definition) is 0. The zero-order valence-electron chi connectivity index (χ0n) is 31.0. The van der Waals surface area contributed by atoms with Crippen LogP contribution in [-0.2, 0) is 0 Å². The Labute approximate surface area is 329 Å². The lowest BCUT2D eigenvalue weighted by atomic mass is 10.0. The van der Waals surface area contributed by atoms with Gasteiger partial charge in [0.25, 0.3) is 0 Å². The predicted molar refractivity (Wildman–Crippen MR) is 240 cm³/mol. The van der Waals surface area contributed by atoms with E-state index in [2.05, 4.69) is 226 Å². The van der Waals surface area contributed by atoms with Crippen molar-refractivity contribution in [1.82, 2.24) is 13.7 Å². The summed E-state index contributed by atoms with van der Waals surface area (Å²) in [7, 11) is 0. The number of rotatable bonds is 5. The molecule has 0 atom stereocenters. The summed E-state index contributed by atoms with van der Waals surface area (Å²) in [5, 5.41) is 7.54. The molecule has 12 aromatic rings. The summed E-state index contributed by atoms with van der Waals surface area (Å²) in [5.41, 5.74) is 15.4. The van der Waals surface area contributed by atoms with E-state index >= 15 is 0 Å². The first kappa shape index (κ1) is 31.7. The largest absolute Gasteiger partial charge is 0.309 e. The molecule has 0 aliphatic heterocycles. The van der Waals surface area contributed by atoms with E-state index in [0.29, 0.717) is 0 Å². The van der Waals surface area contributed by atoms with E-state index in [-0.39, 0.29) is 0 Å². The minimum absolute atomic E-state index is 1.13. The van der Waals surface area contributed by atoms with E-state index in [4.69, 9.17) is 0 Å². The minimum atomic E-state index is 1.13. The fraction of sp³-hybridized carbons (Fsp3) is 0. The molecular formula is C54H35N3. The van der Waals surface area contributed by atoms with Gasteiger partial charge in [-0.05, 0) is 95.1 Å². The molecule has 0 saturated heterocycles. The lowest BCUT2D eigenvalue weighted by Crippen LogP contribution is -1.97. The Balaban J connectivity index is 1.04. The van der Waals surface area contributed by atoms with Crippen molar-refractivity contribution in [2.75, 3.05) is 0 Å². The van der Waals surface area contributed by atoms with E-state index in [1.54, 1.807) is 0 Å². The van der Waals surface area contributed by atoms with Crippen LogP contribution in [0.4, 0.5) is 0 Å². The summed E-state index contributed by atoms with van der Waals surface area (Å²) < 4.78 is 7.27. The molecule has 0 aliphatic carbocycles. The summed E-state index contributed by atoms with van der Waals surface area (Å²) in [6.45, 7) is 0. The van der Waals surface area contributed by atoms with Gasteiger partial charge in [0.2, 0.25) is 0 Å². The van der Waals surface area contributed by atoms with Crippen LogP contribution in [0.15, 0.2) is 212 Å². The first-order valence-corrected chi connectivity index (χ1v) is 19.6. The maximum Gasteiger partial charge on any atom is 0.0562 e. The van der Waals surface area contributed by atoms with Gasteiger partial charge in [-0.2, -0.15) is 0 Å². The maximum absolute atomic E-state index is 2.45. The standard InChI is InChI=1S/C54H35N3/c1-2-14-36(15-3-1)37-28-30-40(31-29-37)55-51-26-10-6-22-45(51)47-34-48-46-23-7-11-27-52(46)57(54(48)35-53(47)55)42-19-13-17-39(33-42)38-16-12-18-41(32-38)56-49-24-8-4-20-43(49)44-21-5-9-25-50(44)56/h1-35H. The Morgan fingerprint density at radius 1 is 0.193 bits per heavy atom. The molecule has 0 fully saturated rings. The highest BCUT2D eigenvalue weighted by Crippen LogP contribution is 2.41. The molecule has 57 heavy (non-hydrogen) atoms. The summed E-state index contributed by atoms with van der Waals surface area (Å²) in [6, 6.07) is 77.4. The molecule has 0 unspecified atom stereocenters. The van der Waals surface area contributed by atoms with Gasteiger partial charge >= 0.3 is 0 Å². The van der Waals surface area contributed by atoms with Crippen LogP contribution >= 0.6 is 0 Å². The van der Waals surface area contributed by atoms with E-state index in [1.165, 1.54) is 87.7 Å². The fourth-order valence-electron chi connectivity index (χ4n) is 9.27. The molecule has 0 aliphatic rings. The summed E-state index contributed by atoms with van der Waals surface area (Å²) in [6.07, 6.45) is 0. The molecule has 3 heterocycles. The molecular weight excluding hydrogens is 691 g/mol. The first-order valence-electron chi connectivity index (χ1n) is 19.6. The maximum atomic E-state index is 2.45. The Kier molecular flexibility index (Phi) is 6.93. The van der Waals surface area contributed by atoms with Crippen molar-refractivity contribution in [3.05, 3.63) is 212 Å². The quantitative estimate of drug-likeness (QED) is 0.168. The third-order valence-electron chi connectivity index (χ3n) is 11.8. The molecule has 0 spiro atoms. The molecule has 3 nitrogen and oxygen atoms in total. The lowest BCUT2D eigenvalue weighted by Gasteiger charge is -2.13. The van der Waals surface area contributed by atoms with Crippen molar-refractivity contribution in [2.45, 2.75) is 0 Å². The van der Waals surface area contributed by atoms with Crippen molar-refractivity contribution in [1.29, 1.82) is 0 Å². The van der Waals surface area contributed by atoms with Crippen molar-refractivity contribution in [2.24, 2.45) is 0 Å². The van der Waals surface area contributed by atoms with Gasteiger partial charge in [0.15, 0.2) is 0 Å². The van der Waals surface area contributed by atoms with Gasteiger partial charge in [0.1, 0.15) is 0 Å². The molecule has 0 radical (unpaired) electrons. The van der Waals surface area contributed by atoms with Gasteiger partial charge < -0.3 is 13.7 Å². The SMILES string of the molecule is c1ccc(-c2ccc(-n3c4ccccc4c4cc5c6ccccc6n(-c6cccc(-c7cccc(-n8c9ccccc9c9ccccc98)c7)c6)c5cc43)cc2)cc1. The van der Waals surface area contributed by atoms with Crippen molar-refractivity contribution >= 4 is 65.4 Å². The number of hydrogen-bond acceptors (Lipinski definition) is 0. The number of nitrogens with zero attached hydrogens (tertiary/aromatic N) is 3. The number of benzene rings is 9. The van der Waals surface area contributed by atoms with E-state index < -0.39 is 0 Å². The third kappa shape index (κ3) is 4.86. The van der Waals surface area contributed by atoms with Crippen LogP contribution in [0.5, 0.6) is 0 Å². The van der Waals surface area contributed by atoms with E-state index in [1.807, 2.05) is 0 Å². The second kappa shape index (κ2) is 12.5. The average molecular weight is 726 g/mol. The highest BCUT2D eigenvalue weighted by atomic mass is 15.0. The minimum Gasteiger partial charge on any atom is -0.309 e. The summed E-state index contributed by atoms with van der Waals surface area (Å²) in [5.74, 6) is 0. The van der Waals surface area contributed by atoms with Gasteiger partial charge in [-0.1, -0.05) is 140 Å². The highest BCUT2D eigenvalue weighted by Gasteiger charge is 2.19. The zero-order valence-corrected chi connectivity index (χ0v) is 31.0. The third-order valence-corrected chi connectivity index (χ3v) is 11.8. The molecule has 12 rings (SSSR count). The van der Waals surface area contributed by atoms with Crippen molar-refractivity contribution in [3.8, 4) is 39.3 Å². The van der Waals surface area contributed by atoms with E-state index in [9.17, 15) is 0 Å². The number of aromatic nitrogens is 3. The van der Waals surface area contributed by atoms with Crippen molar-refractivity contribution in [3.63, 3.8) is 0 Å². The Bertz CT molecular complexity index is 3450. The molecule has 3 aromatic heterocycles. The van der Waals surface area contributed by atoms with Crippen LogP contribution in [0.3, 0.4) is 0 Å². The molecule has 266 valence electrons. The highest BCUT2D eigenvalue weighted by molar-refractivity contribution is 6.19. The average Bonchev–Trinajstić information content (AvgIpc) is 3.91. The van der Waals surface area contributed by atoms with Gasteiger partial charge in [-0.25, -0.2) is 0 Å². The Hall–Kier alpha value is -7.62. The van der Waals surface area contributed by atoms with Crippen LogP contribution in [0, 0.1) is 0 Å². The number of fused-ring (bicyclic) bond motifs is 9. The summed E-state index contributed by atoms with van der Waals surface area (Å²) >= 11 is 0. The van der Waals surface area contributed by atoms with E-state index in [0.717, 1.165) is 17.1 Å². The van der Waals surface area contributed by atoms with Crippen LogP contribution in [-0.4, -0.2) is 13.7 Å². The predicted octanol–water partition coefficient (Wildman–Crippen LogP) is 14.3. The van der Waals surface area contributed by atoms with Gasteiger partial charge in [-0.3, -0.25) is 0 Å². The topological polar surface area (TPSA) is 14.8 Å².